The van der Waals surface area contributed by atoms with Gasteiger partial charge >= 0.3 is 0 Å². The highest BCUT2D eigenvalue weighted by Crippen LogP contribution is 2.21. The Labute approximate surface area is 172 Å². The maximum absolute atomic E-state index is 13.9. The molecule has 0 unspecified atom stereocenters. The first kappa shape index (κ1) is 18.8. The van der Waals surface area contributed by atoms with Gasteiger partial charge in [0, 0.05) is 29.1 Å². The largest absolute Gasteiger partial charge is 0.488 e. The first-order valence-electron chi connectivity index (χ1n) is 8.98. The van der Waals surface area contributed by atoms with Crippen LogP contribution in [-0.2, 0) is 13.2 Å². The quantitative estimate of drug-likeness (QED) is 0.443. The number of nitrogens with one attached hydrogen (secondary N) is 2. The van der Waals surface area contributed by atoms with E-state index in [9.17, 15) is 4.39 Å². The number of rotatable bonds is 7. The smallest absolute Gasteiger partial charge is 0.214 e. The zero-order valence-corrected chi connectivity index (χ0v) is 16.2. The summed E-state index contributed by atoms with van der Waals surface area (Å²) in [6, 6.07) is 17.9. The molecule has 0 radical (unpaired) electrons. The maximum Gasteiger partial charge on any atom is 0.214 e. The van der Waals surface area contributed by atoms with E-state index in [1.165, 1.54) is 6.07 Å². The van der Waals surface area contributed by atoms with E-state index in [-0.39, 0.29) is 12.4 Å². The number of benzene rings is 2. The molecule has 4 aromatic rings. The lowest BCUT2D eigenvalue weighted by atomic mass is 10.2. The second-order valence-corrected chi connectivity index (χ2v) is 6.63. The Kier molecular flexibility index (Phi) is 5.62. The minimum Gasteiger partial charge on any atom is -0.488 e. The van der Waals surface area contributed by atoms with Crippen molar-refractivity contribution in [2.75, 3.05) is 5.43 Å². The van der Waals surface area contributed by atoms with Gasteiger partial charge in [0.15, 0.2) is 5.82 Å². The van der Waals surface area contributed by atoms with Crippen LogP contribution in [0.3, 0.4) is 0 Å². The van der Waals surface area contributed by atoms with E-state index in [1.54, 1.807) is 35.3 Å². The Morgan fingerprint density at radius 1 is 1.00 bits per heavy atom. The molecule has 146 valence electrons. The lowest BCUT2D eigenvalue weighted by Gasteiger charge is -2.14. The summed E-state index contributed by atoms with van der Waals surface area (Å²) in [7, 11) is 0. The van der Waals surface area contributed by atoms with E-state index in [2.05, 4.69) is 20.6 Å². The lowest BCUT2D eigenvalue weighted by molar-refractivity contribution is 0.297. The Balaban J connectivity index is 1.51. The van der Waals surface area contributed by atoms with Crippen LogP contribution in [0.1, 0.15) is 11.1 Å². The zero-order chi connectivity index (χ0) is 20.1. The Bertz CT molecular complexity index is 1160. The van der Waals surface area contributed by atoms with Gasteiger partial charge in [-0.3, -0.25) is 4.98 Å². The molecule has 0 saturated heterocycles. The summed E-state index contributed by atoms with van der Waals surface area (Å²) in [5.74, 6) is 1.04. The number of para-hydroxylation sites is 1. The highest BCUT2D eigenvalue weighted by atomic mass is 32.1. The SMILES string of the molecule is Fc1ccccc1COc1ccccc1CNn1c(-c2ccncc2)n[nH]c1=S. The second kappa shape index (κ2) is 8.66. The molecule has 0 amide bonds. The molecular formula is C21H18FN5OS. The van der Waals surface area contributed by atoms with Crippen molar-refractivity contribution in [3.63, 3.8) is 0 Å². The molecule has 0 aliphatic carbocycles. The van der Waals surface area contributed by atoms with Crippen LogP contribution >= 0.6 is 12.2 Å². The second-order valence-electron chi connectivity index (χ2n) is 6.25. The molecule has 0 spiro atoms. The number of hydrogen-bond acceptors (Lipinski definition) is 5. The molecular weight excluding hydrogens is 389 g/mol. The molecule has 2 heterocycles. The predicted molar refractivity (Wildman–Crippen MR) is 111 cm³/mol. The van der Waals surface area contributed by atoms with Crippen molar-refractivity contribution in [1.29, 1.82) is 0 Å². The van der Waals surface area contributed by atoms with Crippen molar-refractivity contribution >= 4 is 12.2 Å². The third-order valence-corrected chi connectivity index (χ3v) is 4.63. The maximum atomic E-state index is 13.9. The van der Waals surface area contributed by atoms with Gasteiger partial charge in [-0.25, -0.2) is 14.2 Å². The van der Waals surface area contributed by atoms with E-state index in [4.69, 9.17) is 17.0 Å². The molecule has 0 bridgehead atoms. The van der Waals surface area contributed by atoms with Crippen molar-refractivity contribution in [1.82, 2.24) is 19.9 Å². The molecule has 2 N–H and O–H groups in total. The Hall–Kier alpha value is -3.52. The van der Waals surface area contributed by atoms with Crippen molar-refractivity contribution in [2.45, 2.75) is 13.2 Å². The molecule has 0 aliphatic heterocycles. The molecule has 29 heavy (non-hydrogen) atoms. The first-order valence-corrected chi connectivity index (χ1v) is 9.39. The normalized spacial score (nSPS) is 10.7. The fourth-order valence-electron chi connectivity index (χ4n) is 2.86. The van der Waals surface area contributed by atoms with Gasteiger partial charge in [0.1, 0.15) is 18.2 Å². The average molecular weight is 407 g/mol. The van der Waals surface area contributed by atoms with Crippen LogP contribution in [0.4, 0.5) is 4.39 Å². The Morgan fingerprint density at radius 2 is 1.72 bits per heavy atom. The molecule has 8 heteroatoms. The van der Waals surface area contributed by atoms with Crippen LogP contribution in [0, 0.1) is 10.6 Å². The fraction of sp³-hybridized carbons (Fsp3) is 0.0952. The molecule has 6 nitrogen and oxygen atoms in total. The van der Waals surface area contributed by atoms with Gasteiger partial charge in [0.2, 0.25) is 4.77 Å². The summed E-state index contributed by atoms with van der Waals surface area (Å²) in [6.45, 7) is 0.594. The van der Waals surface area contributed by atoms with Crippen LogP contribution in [0.15, 0.2) is 73.1 Å². The van der Waals surface area contributed by atoms with Gasteiger partial charge in [-0.1, -0.05) is 36.4 Å². The minimum atomic E-state index is -0.283. The molecule has 0 saturated carbocycles. The summed E-state index contributed by atoms with van der Waals surface area (Å²) >= 11 is 5.34. The van der Waals surface area contributed by atoms with Crippen molar-refractivity contribution in [3.05, 3.63) is 94.8 Å². The number of aromatic nitrogens is 4. The summed E-state index contributed by atoms with van der Waals surface area (Å²) < 4.78 is 21.9. The van der Waals surface area contributed by atoms with Crippen LogP contribution in [0.5, 0.6) is 5.75 Å². The number of halogens is 1. The van der Waals surface area contributed by atoms with E-state index in [0.29, 0.717) is 28.5 Å². The fourth-order valence-corrected chi connectivity index (χ4v) is 3.06. The van der Waals surface area contributed by atoms with E-state index >= 15 is 0 Å². The van der Waals surface area contributed by atoms with Gasteiger partial charge < -0.3 is 10.2 Å². The van der Waals surface area contributed by atoms with Gasteiger partial charge in [0.25, 0.3) is 0 Å². The standard InChI is InChI=1S/C21H18FN5OS/c22-18-7-3-1-6-17(18)14-28-19-8-4-2-5-16(19)13-24-27-20(25-26-21(27)29)15-9-11-23-12-10-15/h1-12,24H,13-14H2,(H,26,29). The number of pyridine rings is 1. The van der Waals surface area contributed by atoms with Gasteiger partial charge in [-0.15, -0.1) is 0 Å². The van der Waals surface area contributed by atoms with Crippen LogP contribution < -0.4 is 10.2 Å². The summed E-state index contributed by atoms with van der Waals surface area (Å²) in [4.78, 5) is 4.03. The molecule has 2 aromatic heterocycles. The van der Waals surface area contributed by atoms with Crippen molar-refractivity contribution < 1.29 is 9.13 Å². The summed E-state index contributed by atoms with van der Waals surface area (Å²) in [5, 5.41) is 7.09. The summed E-state index contributed by atoms with van der Waals surface area (Å²) in [5.41, 5.74) is 5.57. The minimum absolute atomic E-state index is 0.150. The van der Waals surface area contributed by atoms with Gasteiger partial charge in [-0.05, 0) is 36.5 Å². The molecule has 0 fully saturated rings. The number of ether oxygens (including phenoxy) is 1. The summed E-state index contributed by atoms with van der Waals surface area (Å²) in [6.07, 6.45) is 3.40. The number of nitrogens with zero attached hydrogens (tertiary/aromatic N) is 3. The van der Waals surface area contributed by atoms with Gasteiger partial charge in [-0.2, -0.15) is 5.10 Å². The highest BCUT2D eigenvalue weighted by molar-refractivity contribution is 7.71. The number of aromatic amines is 1. The molecule has 0 atom stereocenters. The Morgan fingerprint density at radius 3 is 2.52 bits per heavy atom. The van der Waals surface area contributed by atoms with Crippen LogP contribution in [-0.4, -0.2) is 19.9 Å². The van der Waals surface area contributed by atoms with Gasteiger partial charge in [0.05, 0.1) is 6.54 Å². The number of H-pyrrole nitrogens is 1. The third-order valence-electron chi connectivity index (χ3n) is 4.35. The van der Waals surface area contributed by atoms with Crippen molar-refractivity contribution in [3.8, 4) is 17.1 Å². The molecule has 4 rings (SSSR count). The number of hydrogen-bond donors (Lipinski definition) is 2. The third kappa shape index (κ3) is 4.33. The molecule has 0 aliphatic rings. The predicted octanol–water partition coefficient (Wildman–Crippen LogP) is 4.46. The van der Waals surface area contributed by atoms with Crippen LogP contribution in [0.25, 0.3) is 11.4 Å². The van der Waals surface area contributed by atoms with E-state index in [0.717, 1.165) is 11.1 Å². The van der Waals surface area contributed by atoms with E-state index in [1.807, 2.05) is 36.4 Å². The van der Waals surface area contributed by atoms with E-state index < -0.39 is 0 Å². The highest BCUT2D eigenvalue weighted by Gasteiger charge is 2.10. The molecule has 2 aromatic carbocycles. The average Bonchev–Trinajstić information content (AvgIpc) is 3.13. The first-order chi connectivity index (χ1) is 14.2. The van der Waals surface area contributed by atoms with Crippen LogP contribution in [0.2, 0.25) is 0 Å². The van der Waals surface area contributed by atoms with Crippen molar-refractivity contribution in [2.24, 2.45) is 0 Å². The topological polar surface area (TPSA) is 67.8 Å². The zero-order valence-electron chi connectivity index (χ0n) is 15.4. The monoisotopic (exact) mass is 407 g/mol. The lowest BCUT2D eigenvalue weighted by Crippen LogP contribution is -2.16.